The maximum absolute atomic E-state index is 13.1. The molecule has 0 amide bonds. The van der Waals surface area contributed by atoms with Gasteiger partial charge in [-0.15, -0.1) is 0 Å². The van der Waals surface area contributed by atoms with Gasteiger partial charge in [0, 0.05) is 51.9 Å². The van der Waals surface area contributed by atoms with E-state index in [4.69, 9.17) is 15.2 Å². The molecule has 2 aromatic carbocycles. The molecule has 0 bridgehead atoms. The molecule has 38 heavy (non-hydrogen) atoms. The molecular formula is C30H45N3O5. The summed E-state index contributed by atoms with van der Waals surface area (Å²) in [7, 11) is 1.69. The maximum Gasteiger partial charge on any atom is 0.253 e. The molecule has 0 spiro atoms. The fourth-order valence-corrected chi connectivity index (χ4v) is 6.38. The van der Waals surface area contributed by atoms with Gasteiger partial charge in [0.2, 0.25) is 0 Å². The molecule has 2 fully saturated rings. The maximum atomic E-state index is 13.1. The molecule has 0 aromatic heterocycles. The van der Waals surface area contributed by atoms with Crippen LogP contribution >= 0.6 is 0 Å². The van der Waals surface area contributed by atoms with E-state index in [1.165, 1.54) is 6.42 Å². The Morgan fingerprint density at radius 2 is 1.79 bits per heavy atom. The zero-order chi connectivity index (χ0) is 27.1. The van der Waals surface area contributed by atoms with Crippen molar-refractivity contribution in [1.29, 1.82) is 0 Å². The van der Waals surface area contributed by atoms with Gasteiger partial charge < -0.3 is 30.1 Å². The molecule has 4 atom stereocenters. The standard InChI is InChI=1S/C30H45N3O5/c1-21(25(34)19-31)33(24-14-7-4-8-15-24)27-26(28(35)29(27)36)32-16-9-13-23(20-32)30(38-18-10-17-37-2)22-11-5-3-6-12-22/h3,5-6,11-12,21,23-25,30,34H,4,7-10,13-20,31H2,1-2H3/t21-,23?,25+,30?/m0/s1. The highest BCUT2D eigenvalue weighted by Crippen LogP contribution is 2.38. The summed E-state index contributed by atoms with van der Waals surface area (Å²) < 4.78 is 11.6. The van der Waals surface area contributed by atoms with Gasteiger partial charge in [-0.2, -0.15) is 0 Å². The SMILES string of the molecule is COCCCOC(c1ccccc1)C1CCCN(c2c(N(C3CCCCC3)[C@@H](C)[C@H](O)CN)c(=O)c2=O)C1. The van der Waals surface area contributed by atoms with E-state index >= 15 is 0 Å². The van der Waals surface area contributed by atoms with Crippen molar-refractivity contribution in [3.05, 3.63) is 56.3 Å². The molecule has 0 radical (unpaired) electrons. The molecule has 1 saturated heterocycles. The summed E-state index contributed by atoms with van der Waals surface area (Å²) in [4.78, 5) is 30.4. The van der Waals surface area contributed by atoms with Gasteiger partial charge in [-0.05, 0) is 44.6 Å². The summed E-state index contributed by atoms with van der Waals surface area (Å²) in [6, 6.07) is 10.1. The first-order valence-corrected chi connectivity index (χ1v) is 14.4. The van der Waals surface area contributed by atoms with Crippen molar-refractivity contribution < 1.29 is 14.6 Å². The Bertz CT molecular complexity index is 1060. The molecule has 210 valence electrons. The van der Waals surface area contributed by atoms with Crippen LogP contribution in [0, 0.1) is 5.92 Å². The van der Waals surface area contributed by atoms with E-state index < -0.39 is 17.0 Å². The zero-order valence-corrected chi connectivity index (χ0v) is 23.0. The number of nitrogens with two attached hydrogens (primary N) is 1. The Labute approximate surface area is 226 Å². The third-order valence-electron chi connectivity index (χ3n) is 8.44. The lowest BCUT2D eigenvalue weighted by atomic mass is 9.87. The molecule has 2 aromatic rings. The number of aliphatic hydroxyl groups is 1. The van der Waals surface area contributed by atoms with Crippen molar-refractivity contribution in [1.82, 2.24) is 0 Å². The van der Waals surface area contributed by atoms with E-state index in [1.54, 1.807) is 7.11 Å². The summed E-state index contributed by atoms with van der Waals surface area (Å²) in [5, 5.41) is 10.7. The fraction of sp³-hybridized carbons (Fsp3) is 0.667. The van der Waals surface area contributed by atoms with Crippen LogP contribution in [0.5, 0.6) is 0 Å². The Hall–Kier alpha value is -2.26. The van der Waals surface area contributed by atoms with Crippen LogP contribution in [0.15, 0.2) is 39.9 Å². The van der Waals surface area contributed by atoms with Crippen LogP contribution in [-0.4, -0.2) is 63.3 Å². The number of hydrogen-bond acceptors (Lipinski definition) is 8. The number of nitrogens with zero attached hydrogens (tertiary/aromatic N) is 2. The van der Waals surface area contributed by atoms with Crippen molar-refractivity contribution in [3.63, 3.8) is 0 Å². The monoisotopic (exact) mass is 527 g/mol. The topological polar surface area (TPSA) is 105 Å². The minimum atomic E-state index is -0.772. The molecule has 2 aliphatic rings. The first kappa shape index (κ1) is 28.7. The number of benzene rings is 1. The predicted molar refractivity (Wildman–Crippen MR) is 152 cm³/mol. The summed E-state index contributed by atoms with van der Waals surface area (Å²) in [6.45, 7) is 4.65. The summed E-state index contributed by atoms with van der Waals surface area (Å²) >= 11 is 0. The molecule has 1 aliphatic heterocycles. The van der Waals surface area contributed by atoms with Crippen LogP contribution in [0.3, 0.4) is 0 Å². The van der Waals surface area contributed by atoms with Crippen LogP contribution in [-0.2, 0) is 9.47 Å². The van der Waals surface area contributed by atoms with E-state index in [9.17, 15) is 14.7 Å². The molecule has 8 nitrogen and oxygen atoms in total. The van der Waals surface area contributed by atoms with E-state index in [2.05, 4.69) is 21.9 Å². The molecular weight excluding hydrogens is 482 g/mol. The number of ether oxygens (including phenoxy) is 2. The average Bonchev–Trinajstić information content (AvgIpc) is 2.97. The summed E-state index contributed by atoms with van der Waals surface area (Å²) in [6.07, 6.45) is 7.10. The molecule has 1 saturated carbocycles. The van der Waals surface area contributed by atoms with Crippen molar-refractivity contribution in [2.24, 2.45) is 11.7 Å². The number of methoxy groups -OCH3 is 1. The van der Waals surface area contributed by atoms with Gasteiger partial charge in [0.05, 0.1) is 18.2 Å². The Balaban J connectivity index is 1.61. The summed E-state index contributed by atoms with van der Waals surface area (Å²) in [5.41, 5.74) is 7.12. The lowest BCUT2D eigenvalue weighted by Crippen LogP contribution is -2.57. The normalized spacial score (nSPS) is 21.4. The molecule has 3 N–H and O–H groups in total. The second-order valence-corrected chi connectivity index (χ2v) is 11.0. The van der Waals surface area contributed by atoms with Crippen LogP contribution in [0.25, 0.3) is 0 Å². The predicted octanol–water partition coefficient (Wildman–Crippen LogP) is 3.14. The van der Waals surface area contributed by atoms with Crippen LogP contribution < -0.4 is 26.4 Å². The van der Waals surface area contributed by atoms with Crippen LogP contribution in [0.2, 0.25) is 0 Å². The number of hydrogen-bond donors (Lipinski definition) is 2. The lowest BCUT2D eigenvalue weighted by molar-refractivity contribution is -0.00236. The first-order valence-electron chi connectivity index (χ1n) is 14.4. The van der Waals surface area contributed by atoms with Gasteiger partial charge in [-0.1, -0.05) is 49.6 Å². The van der Waals surface area contributed by atoms with E-state index in [0.717, 1.165) is 57.1 Å². The second kappa shape index (κ2) is 13.7. The summed E-state index contributed by atoms with van der Waals surface area (Å²) in [5.74, 6) is 0.182. The van der Waals surface area contributed by atoms with Crippen molar-refractivity contribution in [3.8, 4) is 0 Å². The highest BCUT2D eigenvalue weighted by atomic mass is 16.5. The van der Waals surface area contributed by atoms with E-state index in [-0.39, 0.29) is 30.7 Å². The minimum absolute atomic E-state index is 0.0989. The number of aliphatic hydroxyl groups excluding tert-OH is 1. The first-order chi connectivity index (χ1) is 18.5. The number of rotatable bonds is 13. The van der Waals surface area contributed by atoms with Gasteiger partial charge in [0.1, 0.15) is 11.4 Å². The molecule has 1 heterocycles. The largest absolute Gasteiger partial charge is 0.390 e. The van der Waals surface area contributed by atoms with Gasteiger partial charge in [0.15, 0.2) is 0 Å². The molecule has 8 heteroatoms. The lowest BCUT2D eigenvalue weighted by Gasteiger charge is -2.45. The fourth-order valence-electron chi connectivity index (χ4n) is 6.38. The van der Waals surface area contributed by atoms with Crippen molar-refractivity contribution >= 4 is 11.4 Å². The highest BCUT2D eigenvalue weighted by Gasteiger charge is 2.40. The Morgan fingerprint density at radius 3 is 2.47 bits per heavy atom. The van der Waals surface area contributed by atoms with Crippen LogP contribution in [0.1, 0.15) is 70.0 Å². The molecule has 1 aliphatic carbocycles. The van der Waals surface area contributed by atoms with Gasteiger partial charge in [0.25, 0.3) is 10.9 Å². The Kier molecular flexibility index (Phi) is 10.4. The van der Waals surface area contributed by atoms with Crippen LogP contribution in [0.4, 0.5) is 11.4 Å². The Morgan fingerprint density at radius 1 is 1.05 bits per heavy atom. The van der Waals surface area contributed by atoms with Crippen molar-refractivity contribution in [2.75, 3.05) is 49.8 Å². The minimum Gasteiger partial charge on any atom is -0.390 e. The number of piperidine rings is 1. The van der Waals surface area contributed by atoms with E-state index in [1.807, 2.05) is 25.1 Å². The van der Waals surface area contributed by atoms with Gasteiger partial charge in [-0.3, -0.25) is 9.59 Å². The van der Waals surface area contributed by atoms with Crippen molar-refractivity contribution in [2.45, 2.75) is 82.6 Å². The molecule has 4 rings (SSSR count). The zero-order valence-electron chi connectivity index (χ0n) is 23.0. The quantitative estimate of drug-likeness (QED) is 0.302. The number of anilines is 2. The van der Waals surface area contributed by atoms with E-state index in [0.29, 0.717) is 31.1 Å². The van der Waals surface area contributed by atoms with Gasteiger partial charge >= 0.3 is 0 Å². The third kappa shape index (κ3) is 6.30. The molecule has 2 unspecified atom stereocenters. The highest BCUT2D eigenvalue weighted by molar-refractivity contribution is 5.77. The smallest absolute Gasteiger partial charge is 0.253 e. The average molecular weight is 528 g/mol. The van der Waals surface area contributed by atoms with Gasteiger partial charge in [-0.25, -0.2) is 0 Å². The second-order valence-electron chi connectivity index (χ2n) is 11.0. The third-order valence-corrected chi connectivity index (χ3v) is 8.44.